The summed E-state index contributed by atoms with van der Waals surface area (Å²) in [6.45, 7) is 0.195. The molecule has 0 aliphatic carbocycles. The zero-order chi connectivity index (χ0) is 11.5. The van der Waals surface area contributed by atoms with E-state index in [0.29, 0.717) is 11.5 Å². The molecule has 1 rings (SSSR count). The van der Waals surface area contributed by atoms with Gasteiger partial charge in [-0.2, -0.15) is 13.2 Å². The molecular formula is C8H10F3N3O. The molecule has 0 fully saturated rings. The van der Waals surface area contributed by atoms with Crippen molar-refractivity contribution in [3.8, 4) is 5.75 Å². The molecular weight excluding hydrogens is 211 g/mol. The lowest BCUT2D eigenvalue weighted by molar-refractivity contribution is -0.153. The van der Waals surface area contributed by atoms with E-state index in [1.54, 1.807) is 7.05 Å². The average molecular weight is 221 g/mol. The van der Waals surface area contributed by atoms with Crippen molar-refractivity contribution in [2.75, 3.05) is 19.0 Å². The van der Waals surface area contributed by atoms with Gasteiger partial charge in [0, 0.05) is 13.1 Å². The highest BCUT2D eigenvalue weighted by Gasteiger charge is 2.28. The minimum Gasteiger partial charge on any atom is -0.482 e. The third-order valence-corrected chi connectivity index (χ3v) is 1.58. The molecule has 0 bridgehead atoms. The average Bonchev–Trinajstić information content (AvgIpc) is 2.15. The number of rotatable bonds is 3. The van der Waals surface area contributed by atoms with Crippen LogP contribution in [0.1, 0.15) is 5.69 Å². The van der Waals surface area contributed by atoms with Gasteiger partial charge in [-0.15, -0.1) is 10.2 Å². The SMILES string of the molecule is CNc1cc(OCC(F)(F)F)c(C)nn1. The number of anilines is 1. The Balaban J connectivity index is 2.75. The number of alkyl halides is 3. The Morgan fingerprint density at radius 3 is 2.60 bits per heavy atom. The van der Waals surface area contributed by atoms with Gasteiger partial charge in [0.05, 0.1) is 0 Å². The maximum atomic E-state index is 11.9. The molecule has 0 spiro atoms. The Hall–Kier alpha value is -1.53. The first kappa shape index (κ1) is 11.5. The van der Waals surface area contributed by atoms with Gasteiger partial charge in [0.2, 0.25) is 0 Å². The molecule has 0 aromatic carbocycles. The lowest BCUT2D eigenvalue weighted by Gasteiger charge is -2.11. The van der Waals surface area contributed by atoms with Crippen molar-refractivity contribution in [3.05, 3.63) is 11.8 Å². The topological polar surface area (TPSA) is 47.0 Å². The zero-order valence-corrected chi connectivity index (χ0v) is 8.22. The molecule has 1 heterocycles. The van der Waals surface area contributed by atoms with Crippen LogP contribution in [0.15, 0.2) is 6.07 Å². The first-order chi connectivity index (χ1) is 6.92. The Bertz CT molecular complexity index is 340. The van der Waals surface area contributed by atoms with Gasteiger partial charge >= 0.3 is 6.18 Å². The van der Waals surface area contributed by atoms with Crippen LogP contribution < -0.4 is 10.1 Å². The van der Waals surface area contributed by atoms with Crippen LogP contribution in [0.25, 0.3) is 0 Å². The maximum Gasteiger partial charge on any atom is 0.422 e. The molecule has 0 aliphatic rings. The number of aromatic nitrogens is 2. The van der Waals surface area contributed by atoms with Gasteiger partial charge in [-0.05, 0) is 6.92 Å². The number of aryl methyl sites for hydroxylation is 1. The number of halogens is 3. The number of nitrogens with one attached hydrogen (secondary N) is 1. The molecule has 7 heteroatoms. The molecule has 0 saturated carbocycles. The fraction of sp³-hybridized carbons (Fsp3) is 0.500. The second kappa shape index (κ2) is 4.33. The summed E-state index contributed by atoms with van der Waals surface area (Å²) in [6, 6.07) is 1.37. The predicted octanol–water partition coefficient (Wildman–Crippen LogP) is 1.77. The Morgan fingerprint density at radius 2 is 2.07 bits per heavy atom. The van der Waals surface area contributed by atoms with Crippen LogP contribution in [0.4, 0.5) is 19.0 Å². The van der Waals surface area contributed by atoms with Crippen molar-refractivity contribution >= 4 is 5.82 Å². The second-order valence-corrected chi connectivity index (χ2v) is 2.83. The molecule has 0 saturated heterocycles. The van der Waals surface area contributed by atoms with Crippen molar-refractivity contribution < 1.29 is 17.9 Å². The van der Waals surface area contributed by atoms with E-state index in [9.17, 15) is 13.2 Å². The van der Waals surface area contributed by atoms with E-state index in [1.807, 2.05) is 0 Å². The fourth-order valence-corrected chi connectivity index (χ4v) is 0.863. The second-order valence-electron chi connectivity index (χ2n) is 2.83. The van der Waals surface area contributed by atoms with Gasteiger partial charge in [0.1, 0.15) is 11.4 Å². The van der Waals surface area contributed by atoms with Crippen LogP contribution in [-0.2, 0) is 0 Å². The highest BCUT2D eigenvalue weighted by atomic mass is 19.4. The van der Waals surface area contributed by atoms with E-state index >= 15 is 0 Å². The van der Waals surface area contributed by atoms with Gasteiger partial charge < -0.3 is 10.1 Å². The lowest BCUT2D eigenvalue weighted by atomic mass is 10.4. The number of nitrogens with zero attached hydrogens (tertiary/aromatic N) is 2. The van der Waals surface area contributed by atoms with Crippen LogP contribution in [0.2, 0.25) is 0 Å². The van der Waals surface area contributed by atoms with E-state index in [0.717, 1.165) is 0 Å². The molecule has 0 atom stereocenters. The summed E-state index contributed by atoms with van der Waals surface area (Å²) < 4.78 is 40.2. The Labute approximate surface area is 84.5 Å². The van der Waals surface area contributed by atoms with Crippen LogP contribution in [0, 0.1) is 6.92 Å². The quantitative estimate of drug-likeness (QED) is 0.844. The minimum absolute atomic E-state index is 0.0756. The van der Waals surface area contributed by atoms with Gasteiger partial charge in [-0.3, -0.25) is 0 Å². The summed E-state index contributed by atoms with van der Waals surface area (Å²) in [6.07, 6.45) is -4.35. The molecule has 84 valence electrons. The zero-order valence-electron chi connectivity index (χ0n) is 8.22. The van der Waals surface area contributed by atoms with E-state index in [-0.39, 0.29) is 5.75 Å². The predicted molar refractivity (Wildman–Crippen MR) is 47.9 cm³/mol. The van der Waals surface area contributed by atoms with E-state index in [1.165, 1.54) is 13.0 Å². The maximum absolute atomic E-state index is 11.9. The molecule has 4 nitrogen and oxygen atoms in total. The normalized spacial score (nSPS) is 11.3. The van der Waals surface area contributed by atoms with Crippen molar-refractivity contribution in [1.82, 2.24) is 10.2 Å². The van der Waals surface area contributed by atoms with Crippen molar-refractivity contribution in [3.63, 3.8) is 0 Å². The smallest absolute Gasteiger partial charge is 0.422 e. The molecule has 1 aromatic rings. The van der Waals surface area contributed by atoms with Crippen LogP contribution in [0.3, 0.4) is 0 Å². The summed E-state index contributed by atoms with van der Waals surface area (Å²) in [7, 11) is 1.59. The first-order valence-corrected chi connectivity index (χ1v) is 4.14. The highest BCUT2D eigenvalue weighted by Crippen LogP contribution is 2.21. The highest BCUT2D eigenvalue weighted by molar-refractivity contribution is 5.40. The van der Waals surface area contributed by atoms with Crippen molar-refractivity contribution in [1.29, 1.82) is 0 Å². The van der Waals surface area contributed by atoms with E-state index in [2.05, 4.69) is 20.3 Å². The van der Waals surface area contributed by atoms with Gasteiger partial charge in [0.15, 0.2) is 12.4 Å². The summed E-state index contributed by atoms with van der Waals surface area (Å²) >= 11 is 0. The lowest BCUT2D eigenvalue weighted by Crippen LogP contribution is -2.19. The third kappa shape index (κ3) is 3.61. The van der Waals surface area contributed by atoms with Gasteiger partial charge in [-0.25, -0.2) is 0 Å². The summed E-state index contributed by atoms with van der Waals surface area (Å²) in [5.41, 5.74) is 0.318. The molecule has 15 heavy (non-hydrogen) atoms. The van der Waals surface area contributed by atoms with E-state index < -0.39 is 12.8 Å². The number of ether oxygens (including phenoxy) is 1. The number of hydrogen-bond acceptors (Lipinski definition) is 4. The van der Waals surface area contributed by atoms with Gasteiger partial charge in [-0.1, -0.05) is 0 Å². The van der Waals surface area contributed by atoms with Crippen LogP contribution in [0.5, 0.6) is 5.75 Å². The largest absolute Gasteiger partial charge is 0.482 e. The minimum atomic E-state index is -4.35. The molecule has 1 N–H and O–H groups in total. The van der Waals surface area contributed by atoms with Crippen LogP contribution in [-0.4, -0.2) is 30.0 Å². The molecule has 0 aliphatic heterocycles. The number of hydrogen-bond donors (Lipinski definition) is 1. The summed E-state index contributed by atoms with van der Waals surface area (Å²) in [4.78, 5) is 0. The van der Waals surface area contributed by atoms with E-state index in [4.69, 9.17) is 0 Å². The molecule has 0 amide bonds. The van der Waals surface area contributed by atoms with Crippen LogP contribution >= 0.6 is 0 Å². The monoisotopic (exact) mass is 221 g/mol. The summed E-state index contributed by atoms with van der Waals surface area (Å²) in [5.74, 6) is 0.435. The standard InChI is InChI=1S/C8H10F3N3O/c1-5-6(15-4-8(9,10)11)3-7(12-2)14-13-5/h3H,4H2,1-2H3,(H,12,14). The third-order valence-electron chi connectivity index (χ3n) is 1.58. The summed E-state index contributed by atoms with van der Waals surface area (Å²) in [5, 5.41) is 9.98. The molecule has 0 unspecified atom stereocenters. The van der Waals surface area contributed by atoms with Gasteiger partial charge in [0.25, 0.3) is 0 Å². The Kier molecular flexibility index (Phi) is 3.33. The van der Waals surface area contributed by atoms with Crippen molar-refractivity contribution in [2.24, 2.45) is 0 Å². The Morgan fingerprint density at radius 1 is 1.40 bits per heavy atom. The molecule has 1 aromatic heterocycles. The van der Waals surface area contributed by atoms with Crippen molar-refractivity contribution in [2.45, 2.75) is 13.1 Å². The first-order valence-electron chi connectivity index (χ1n) is 4.14. The molecule has 0 radical (unpaired) electrons. The fourth-order valence-electron chi connectivity index (χ4n) is 0.863.